The number of hydrogen-bond donors (Lipinski definition) is 2. The number of hydrogen-bond acceptors (Lipinski definition) is 6. The third kappa shape index (κ3) is 3.28. The first-order valence-corrected chi connectivity index (χ1v) is 6.18. The molecule has 0 aliphatic carbocycles. The zero-order valence-electron chi connectivity index (χ0n) is 11.4. The number of methoxy groups -OCH3 is 1. The monoisotopic (exact) mass is 293 g/mol. The van der Waals surface area contributed by atoms with Crippen LogP contribution in [0.4, 0.5) is 0 Å². The van der Waals surface area contributed by atoms with Gasteiger partial charge in [-0.15, -0.1) is 0 Å². The third-order valence-electron chi connectivity index (χ3n) is 2.92. The van der Waals surface area contributed by atoms with Gasteiger partial charge in [-0.1, -0.05) is 5.11 Å². The fourth-order valence-electron chi connectivity index (χ4n) is 2.00. The second-order valence-corrected chi connectivity index (χ2v) is 4.20. The molecule has 1 aliphatic heterocycles. The van der Waals surface area contributed by atoms with E-state index in [0.717, 1.165) is 0 Å². The van der Waals surface area contributed by atoms with Crippen LogP contribution >= 0.6 is 0 Å². The predicted molar refractivity (Wildman–Crippen MR) is 73.1 cm³/mol. The lowest BCUT2D eigenvalue weighted by molar-refractivity contribution is -0.120. The topological polar surface area (TPSA) is 132 Å². The molecule has 0 bridgehead atoms. The SMILES string of the molecule is COc1cc(C(NCCN=[N+]=[N-])C(N)=O)cc2c1OCO2. The van der Waals surface area contributed by atoms with Crippen molar-refractivity contribution in [2.24, 2.45) is 10.8 Å². The lowest BCUT2D eigenvalue weighted by Crippen LogP contribution is -2.35. The van der Waals surface area contributed by atoms with Crippen LogP contribution in [0.3, 0.4) is 0 Å². The number of rotatable bonds is 7. The minimum absolute atomic E-state index is 0.0979. The quantitative estimate of drug-likeness (QED) is 0.333. The Morgan fingerprint density at radius 2 is 2.43 bits per heavy atom. The highest BCUT2D eigenvalue weighted by Gasteiger charge is 2.25. The summed E-state index contributed by atoms with van der Waals surface area (Å²) in [7, 11) is 1.50. The minimum atomic E-state index is -0.748. The van der Waals surface area contributed by atoms with Crippen molar-refractivity contribution in [1.29, 1.82) is 0 Å². The van der Waals surface area contributed by atoms with Crippen LogP contribution < -0.4 is 25.3 Å². The molecule has 21 heavy (non-hydrogen) atoms. The number of ether oxygens (including phenoxy) is 3. The van der Waals surface area contributed by atoms with Crippen LogP contribution in [-0.2, 0) is 4.79 Å². The van der Waals surface area contributed by atoms with E-state index in [0.29, 0.717) is 29.4 Å². The maximum Gasteiger partial charge on any atom is 0.239 e. The molecule has 0 radical (unpaired) electrons. The first-order valence-electron chi connectivity index (χ1n) is 6.18. The van der Waals surface area contributed by atoms with E-state index in [-0.39, 0.29) is 13.3 Å². The van der Waals surface area contributed by atoms with Gasteiger partial charge in [-0.05, 0) is 23.2 Å². The molecule has 0 saturated carbocycles. The summed E-state index contributed by atoms with van der Waals surface area (Å²) in [6.45, 7) is 0.622. The molecule has 0 spiro atoms. The number of carbonyl (C=O) groups is 1. The molecule has 0 aromatic heterocycles. The summed E-state index contributed by atoms with van der Waals surface area (Å²) >= 11 is 0. The van der Waals surface area contributed by atoms with Gasteiger partial charge in [-0.25, -0.2) is 0 Å². The van der Waals surface area contributed by atoms with Gasteiger partial charge in [0.05, 0.1) is 7.11 Å². The van der Waals surface area contributed by atoms with Crippen molar-refractivity contribution in [1.82, 2.24) is 5.32 Å². The number of fused-ring (bicyclic) bond motifs is 1. The fourth-order valence-corrected chi connectivity index (χ4v) is 2.00. The summed E-state index contributed by atoms with van der Waals surface area (Å²) in [6, 6.07) is 2.58. The van der Waals surface area contributed by atoms with Crippen molar-refractivity contribution in [3.63, 3.8) is 0 Å². The average molecular weight is 293 g/mol. The van der Waals surface area contributed by atoms with Crippen LogP contribution in [0, 0.1) is 0 Å². The highest BCUT2D eigenvalue weighted by molar-refractivity contribution is 5.82. The van der Waals surface area contributed by atoms with E-state index in [4.69, 9.17) is 25.5 Å². The maximum atomic E-state index is 11.6. The second-order valence-electron chi connectivity index (χ2n) is 4.20. The van der Waals surface area contributed by atoms with Gasteiger partial charge in [0.1, 0.15) is 6.04 Å². The Kier molecular flexibility index (Phi) is 4.70. The molecule has 3 N–H and O–H groups in total. The van der Waals surface area contributed by atoms with Crippen molar-refractivity contribution in [2.75, 3.05) is 27.0 Å². The van der Waals surface area contributed by atoms with Crippen molar-refractivity contribution < 1.29 is 19.0 Å². The standard InChI is InChI=1S/C12H15N5O4/c1-19-8-4-7(5-9-11(8)21-6-20-9)10(12(13)18)15-2-3-16-17-14/h4-5,10,15H,2-3,6H2,1H3,(H2,13,18). The number of nitrogens with two attached hydrogens (primary N) is 1. The van der Waals surface area contributed by atoms with Crippen LogP contribution in [0.2, 0.25) is 0 Å². The molecule has 1 heterocycles. The van der Waals surface area contributed by atoms with Crippen molar-refractivity contribution in [3.8, 4) is 17.2 Å². The minimum Gasteiger partial charge on any atom is -0.493 e. The van der Waals surface area contributed by atoms with Crippen LogP contribution in [0.15, 0.2) is 17.2 Å². The molecule has 1 atom stereocenters. The molecule has 1 unspecified atom stereocenters. The Hall–Kier alpha value is -2.64. The van der Waals surface area contributed by atoms with Crippen molar-refractivity contribution in [3.05, 3.63) is 28.1 Å². The van der Waals surface area contributed by atoms with E-state index in [1.807, 2.05) is 0 Å². The zero-order chi connectivity index (χ0) is 15.2. The van der Waals surface area contributed by atoms with Gasteiger partial charge in [-0.2, -0.15) is 0 Å². The molecule has 1 aliphatic rings. The summed E-state index contributed by atoms with van der Waals surface area (Å²) in [4.78, 5) is 14.2. The second kappa shape index (κ2) is 6.69. The number of nitrogens with zero attached hydrogens (tertiary/aromatic N) is 3. The first-order chi connectivity index (χ1) is 10.2. The van der Waals surface area contributed by atoms with Gasteiger partial charge in [0, 0.05) is 18.0 Å². The van der Waals surface area contributed by atoms with Gasteiger partial charge < -0.3 is 25.3 Å². The number of amides is 1. The van der Waals surface area contributed by atoms with E-state index >= 15 is 0 Å². The Morgan fingerprint density at radius 1 is 1.62 bits per heavy atom. The molecule has 9 heteroatoms. The van der Waals surface area contributed by atoms with Crippen molar-refractivity contribution in [2.45, 2.75) is 6.04 Å². The predicted octanol–water partition coefficient (Wildman–Crippen LogP) is 0.850. The van der Waals surface area contributed by atoms with E-state index < -0.39 is 11.9 Å². The lowest BCUT2D eigenvalue weighted by Gasteiger charge is -2.17. The van der Waals surface area contributed by atoms with Crippen LogP contribution in [-0.4, -0.2) is 32.9 Å². The normalized spacial score (nSPS) is 13.4. The molecular weight excluding hydrogens is 278 g/mol. The Labute approximate surface area is 120 Å². The van der Waals surface area contributed by atoms with E-state index in [1.165, 1.54) is 7.11 Å². The molecule has 1 aromatic carbocycles. The van der Waals surface area contributed by atoms with Crippen LogP contribution in [0.25, 0.3) is 10.4 Å². The molecule has 1 aromatic rings. The van der Waals surface area contributed by atoms with E-state index in [1.54, 1.807) is 12.1 Å². The summed E-state index contributed by atoms with van der Waals surface area (Å²) in [5.74, 6) is 0.894. The number of nitrogens with one attached hydrogen (secondary N) is 1. The highest BCUT2D eigenvalue weighted by atomic mass is 16.7. The van der Waals surface area contributed by atoms with Crippen molar-refractivity contribution >= 4 is 5.91 Å². The van der Waals surface area contributed by atoms with Gasteiger partial charge in [0.15, 0.2) is 11.5 Å². The first kappa shape index (κ1) is 14.8. The van der Waals surface area contributed by atoms with Crippen LogP contribution in [0.1, 0.15) is 11.6 Å². The van der Waals surface area contributed by atoms with E-state index in [2.05, 4.69) is 15.3 Å². The largest absolute Gasteiger partial charge is 0.493 e. The summed E-state index contributed by atoms with van der Waals surface area (Å²) in [6.07, 6.45) is 0. The fraction of sp³-hybridized carbons (Fsp3) is 0.417. The molecule has 0 fully saturated rings. The molecule has 9 nitrogen and oxygen atoms in total. The summed E-state index contributed by atoms with van der Waals surface area (Å²) < 4.78 is 15.8. The van der Waals surface area contributed by atoms with E-state index in [9.17, 15) is 4.79 Å². The number of benzene rings is 1. The maximum absolute atomic E-state index is 11.6. The molecular formula is C12H15N5O4. The Balaban J connectivity index is 2.24. The smallest absolute Gasteiger partial charge is 0.239 e. The number of carbonyl (C=O) groups excluding carboxylic acids is 1. The van der Waals surface area contributed by atoms with Gasteiger partial charge >= 0.3 is 0 Å². The lowest BCUT2D eigenvalue weighted by atomic mass is 10.0. The molecule has 112 valence electrons. The third-order valence-corrected chi connectivity index (χ3v) is 2.92. The Bertz CT molecular complexity index is 585. The van der Waals surface area contributed by atoms with Gasteiger partial charge in [0.2, 0.25) is 18.4 Å². The molecule has 0 saturated heterocycles. The average Bonchev–Trinajstić information content (AvgIpc) is 2.94. The Morgan fingerprint density at radius 3 is 3.10 bits per heavy atom. The number of primary amides is 1. The highest BCUT2D eigenvalue weighted by Crippen LogP contribution is 2.42. The molecule has 2 rings (SSSR count). The summed E-state index contributed by atoms with van der Waals surface area (Å²) in [5, 5.41) is 6.31. The number of azide groups is 1. The van der Waals surface area contributed by atoms with Gasteiger partial charge in [-0.3, -0.25) is 4.79 Å². The van der Waals surface area contributed by atoms with Crippen LogP contribution in [0.5, 0.6) is 17.2 Å². The summed E-state index contributed by atoms with van der Waals surface area (Å²) in [5.41, 5.74) is 14.2. The zero-order valence-corrected chi connectivity index (χ0v) is 11.4. The molecule has 1 amide bonds. The van der Waals surface area contributed by atoms with Gasteiger partial charge in [0.25, 0.3) is 0 Å².